The standard InChI is InChI=1S/C14H24N4OS/c1-9(2)12-6-11(7-13(16-12)17-15)14(19)18(4)10(3)8-20-5/h6-7,9-10H,8,15H2,1-5H3,(H,16,17). The number of carbonyl (C=O) groups is 1. The maximum absolute atomic E-state index is 12.5. The number of amides is 1. The molecule has 1 amide bonds. The van der Waals surface area contributed by atoms with Crippen LogP contribution in [0.2, 0.25) is 0 Å². The normalized spacial score (nSPS) is 12.3. The summed E-state index contributed by atoms with van der Waals surface area (Å²) in [6, 6.07) is 3.72. The Labute approximate surface area is 125 Å². The number of nitrogens with zero attached hydrogens (tertiary/aromatic N) is 2. The average Bonchev–Trinajstić information content (AvgIpc) is 2.45. The van der Waals surface area contributed by atoms with Gasteiger partial charge in [-0.2, -0.15) is 11.8 Å². The highest BCUT2D eigenvalue weighted by Gasteiger charge is 2.19. The summed E-state index contributed by atoms with van der Waals surface area (Å²) in [4.78, 5) is 18.6. The molecule has 3 N–H and O–H groups in total. The molecule has 1 unspecified atom stereocenters. The molecule has 112 valence electrons. The van der Waals surface area contributed by atoms with E-state index in [9.17, 15) is 4.79 Å². The summed E-state index contributed by atoms with van der Waals surface area (Å²) in [6.45, 7) is 6.12. The number of thioether (sulfide) groups is 1. The Bertz CT molecular complexity index is 464. The number of carbonyl (C=O) groups excluding carboxylic acids is 1. The molecule has 0 aromatic carbocycles. The first kappa shape index (κ1) is 16.8. The summed E-state index contributed by atoms with van der Waals surface area (Å²) in [7, 11) is 1.83. The number of pyridine rings is 1. The second kappa shape index (κ2) is 7.50. The predicted molar refractivity (Wildman–Crippen MR) is 86.1 cm³/mol. The van der Waals surface area contributed by atoms with Gasteiger partial charge in [-0.05, 0) is 31.2 Å². The van der Waals surface area contributed by atoms with Crippen LogP contribution in [0.5, 0.6) is 0 Å². The quantitative estimate of drug-likeness (QED) is 0.622. The van der Waals surface area contributed by atoms with Gasteiger partial charge in [0.2, 0.25) is 0 Å². The Hall–Kier alpha value is -1.27. The van der Waals surface area contributed by atoms with Gasteiger partial charge in [-0.1, -0.05) is 13.8 Å². The fourth-order valence-corrected chi connectivity index (χ4v) is 2.51. The summed E-state index contributed by atoms with van der Waals surface area (Å²) in [5.74, 6) is 7.09. The molecule has 0 fully saturated rings. The predicted octanol–water partition coefficient (Wildman–Crippen LogP) is 2.31. The van der Waals surface area contributed by atoms with E-state index in [1.165, 1.54) is 0 Å². The molecular formula is C14H24N4OS. The molecule has 0 spiro atoms. The van der Waals surface area contributed by atoms with Crippen LogP contribution in [-0.4, -0.2) is 40.9 Å². The van der Waals surface area contributed by atoms with Crippen LogP contribution in [0.15, 0.2) is 12.1 Å². The van der Waals surface area contributed by atoms with Gasteiger partial charge in [-0.15, -0.1) is 0 Å². The van der Waals surface area contributed by atoms with Gasteiger partial charge in [0.25, 0.3) is 5.91 Å². The van der Waals surface area contributed by atoms with Crippen LogP contribution in [0.4, 0.5) is 5.82 Å². The van der Waals surface area contributed by atoms with Gasteiger partial charge in [-0.25, -0.2) is 10.8 Å². The third-order valence-corrected chi connectivity index (χ3v) is 4.04. The van der Waals surface area contributed by atoms with Crippen LogP contribution in [0.25, 0.3) is 0 Å². The van der Waals surface area contributed by atoms with Crippen molar-refractivity contribution in [1.82, 2.24) is 9.88 Å². The Morgan fingerprint density at radius 2 is 2.10 bits per heavy atom. The number of hydrazine groups is 1. The second-order valence-electron chi connectivity index (χ2n) is 5.19. The maximum Gasteiger partial charge on any atom is 0.254 e. The van der Waals surface area contributed by atoms with Crippen molar-refractivity contribution < 1.29 is 4.79 Å². The van der Waals surface area contributed by atoms with E-state index in [1.807, 2.05) is 40.1 Å². The lowest BCUT2D eigenvalue weighted by molar-refractivity contribution is 0.0757. The molecule has 0 aliphatic heterocycles. The van der Waals surface area contributed by atoms with Crippen molar-refractivity contribution in [1.29, 1.82) is 0 Å². The first-order valence-corrected chi connectivity index (χ1v) is 8.04. The number of nitrogen functional groups attached to an aromatic ring is 1. The van der Waals surface area contributed by atoms with E-state index in [1.54, 1.807) is 22.7 Å². The fourth-order valence-electron chi connectivity index (χ4n) is 1.80. The van der Waals surface area contributed by atoms with Crippen molar-refractivity contribution in [3.63, 3.8) is 0 Å². The van der Waals surface area contributed by atoms with Crippen molar-refractivity contribution in [2.45, 2.75) is 32.7 Å². The third kappa shape index (κ3) is 4.11. The van der Waals surface area contributed by atoms with E-state index in [0.29, 0.717) is 11.4 Å². The van der Waals surface area contributed by atoms with Crippen molar-refractivity contribution in [3.8, 4) is 0 Å². The van der Waals surface area contributed by atoms with Gasteiger partial charge >= 0.3 is 0 Å². The number of aromatic nitrogens is 1. The van der Waals surface area contributed by atoms with Crippen LogP contribution >= 0.6 is 11.8 Å². The zero-order valence-electron chi connectivity index (χ0n) is 12.8. The highest BCUT2D eigenvalue weighted by atomic mass is 32.2. The second-order valence-corrected chi connectivity index (χ2v) is 6.10. The van der Waals surface area contributed by atoms with Crippen molar-refractivity contribution >= 4 is 23.5 Å². The SMILES string of the molecule is CSCC(C)N(C)C(=O)c1cc(NN)nc(C(C)C)c1. The molecule has 1 heterocycles. The molecule has 0 aliphatic rings. The van der Waals surface area contributed by atoms with Crippen molar-refractivity contribution in [2.24, 2.45) is 5.84 Å². The summed E-state index contributed by atoms with van der Waals surface area (Å²) < 4.78 is 0. The molecule has 0 aliphatic carbocycles. The van der Waals surface area contributed by atoms with E-state index in [-0.39, 0.29) is 17.9 Å². The van der Waals surface area contributed by atoms with Crippen LogP contribution in [0, 0.1) is 0 Å². The first-order valence-electron chi connectivity index (χ1n) is 6.65. The molecule has 1 aromatic rings. The lowest BCUT2D eigenvalue weighted by Crippen LogP contribution is -2.36. The minimum Gasteiger partial charge on any atom is -0.338 e. The minimum absolute atomic E-state index is 0.00708. The number of nitrogens with two attached hydrogens (primary N) is 1. The van der Waals surface area contributed by atoms with Crippen LogP contribution in [0.1, 0.15) is 42.7 Å². The largest absolute Gasteiger partial charge is 0.338 e. The van der Waals surface area contributed by atoms with E-state index >= 15 is 0 Å². The smallest absolute Gasteiger partial charge is 0.254 e. The molecule has 20 heavy (non-hydrogen) atoms. The molecule has 6 heteroatoms. The Kier molecular flexibility index (Phi) is 6.29. The van der Waals surface area contributed by atoms with E-state index in [4.69, 9.17) is 5.84 Å². The maximum atomic E-state index is 12.5. The highest BCUT2D eigenvalue weighted by Crippen LogP contribution is 2.19. The fraction of sp³-hybridized carbons (Fsp3) is 0.571. The number of hydrogen-bond acceptors (Lipinski definition) is 5. The molecule has 0 bridgehead atoms. The third-order valence-electron chi connectivity index (χ3n) is 3.22. The molecule has 0 saturated carbocycles. The average molecular weight is 296 g/mol. The highest BCUT2D eigenvalue weighted by molar-refractivity contribution is 7.98. The summed E-state index contributed by atoms with van der Waals surface area (Å²) >= 11 is 1.73. The Morgan fingerprint density at radius 3 is 2.60 bits per heavy atom. The van der Waals surface area contributed by atoms with Gasteiger partial charge in [0.05, 0.1) is 0 Å². The van der Waals surface area contributed by atoms with Crippen molar-refractivity contribution in [2.75, 3.05) is 24.5 Å². The first-order chi connectivity index (χ1) is 9.40. The van der Waals surface area contributed by atoms with Crippen LogP contribution in [-0.2, 0) is 0 Å². The van der Waals surface area contributed by atoms with Gasteiger partial charge in [0.1, 0.15) is 5.82 Å². The summed E-state index contributed by atoms with van der Waals surface area (Å²) in [6.07, 6.45) is 2.04. The molecule has 1 atom stereocenters. The van der Waals surface area contributed by atoms with E-state index in [0.717, 1.165) is 11.4 Å². The Morgan fingerprint density at radius 1 is 1.45 bits per heavy atom. The molecule has 5 nitrogen and oxygen atoms in total. The molecule has 0 saturated heterocycles. The monoisotopic (exact) mass is 296 g/mol. The van der Waals surface area contributed by atoms with Crippen LogP contribution < -0.4 is 11.3 Å². The topological polar surface area (TPSA) is 71.2 Å². The number of anilines is 1. The van der Waals surface area contributed by atoms with Gasteiger partial charge in [0, 0.05) is 30.1 Å². The van der Waals surface area contributed by atoms with Gasteiger partial charge in [0.15, 0.2) is 0 Å². The molecule has 1 aromatic heterocycles. The number of hydrogen-bond donors (Lipinski definition) is 2. The zero-order chi connectivity index (χ0) is 15.3. The minimum atomic E-state index is -0.00708. The molecule has 1 rings (SSSR count). The summed E-state index contributed by atoms with van der Waals surface area (Å²) in [5, 5.41) is 0. The zero-order valence-corrected chi connectivity index (χ0v) is 13.6. The van der Waals surface area contributed by atoms with Crippen LogP contribution in [0.3, 0.4) is 0 Å². The van der Waals surface area contributed by atoms with E-state index < -0.39 is 0 Å². The lowest BCUT2D eigenvalue weighted by atomic mass is 10.1. The van der Waals surface area contributed by atoms with Gasteiger partial charge in [-0.3, -0.25) is 4.79 Å². The number of rotatable bonds is 6. The Balaban J connectivity index is 3.05. The summed E-state index contributed by atoms with van der Waals surface area (Å²) in [5.41, 5.74) is 4.00. The molecular weight excluding hydrogens is 272 g/mol. The number of nitrogens with one attached hydrogen (secondary N) is 1. The van der Waals surface area contributed by atoms with Crippen molar-refractivity contribution in [3.05, 3.63) is 23.4 Å². The van der Waals surface area contributed by atoms with E-state index in [2.05, 4.69) is 10.4 Å². The van der Waals surface area contributed by atoms with Gasteiger partial charge < -0.3 is 10.3 Å². The molecule has 0 radical (unpaired) electrons. The lowest BCUT2D eigenvalue weighted by Gasteiger charge is -2.25.